The fourth-order valence-corrected chi connectivity index (χ4v) is 6.55. The third kappa shape index (κ3) is 5.76. The lowest BCUT2D eigenvalue weighted by Crippen LogP contribution is -2.42. The SMILES string of the molecule is COc1ccccc1C1SCC(=O)N(CC(=O)NCc2ccncc2)c2c1c(-c1ccccc1)nn2-c1ccccc1C. The molecule has 9 heteroatoms. The lowest BCUT2D eigenvalue weighted by atomic mass is 9.99. The molecule has 1 N–H and O–H groups in total. The highest BCUT2D eigenvalue weighted by atomic mass is 32.2. The van der Waals surface area contributed by atoms with Gasteiger partial charge in [-0.25, -0.2) is 4.68 Å². The summed E-state index contributed by atoms with van der Waals surface area (Å²) in [5.41, 5.74) is 6.22. The Labute approximate surface area is 254 Å². The van der Waals surface area contributed by atoms with Crippen molar-refractivity contribution in [2.75, 3.05) is 24.3 Å². The van der Waals surface area contributed by atoms with E-state index >= 15 is 0 Å². The third-order valence-corrected chi connectivity index (χ3v) is 8.68. The van der Waals surface area contributed by atoms with Crippen LogP contribution in [0.15, 0.2) is 103 Å². The van der Waals surface area contributed by atoms with E-state index in [1.807, 2.05) is 103 Å². The molecule has 43 heavy (non-hydrogen) atoms. The summed E-state index contributed by atoms with van der Waals surface area (Å²) in [6.07, 6.45) is 3.38. The van der Waals surface area contributed by atoms with E-state index in [-0.39, 0.29) is 29.4 Å². The number of nitrogens with one attached hydrogen (secondary N) is 1. The van der Waals surface area contributed by atoms with Gasteiger partial charge in [0.1, 0.15) is 18.1 Å². The predicted octanol–water partition coefficient (Wildman–Crippen LogP) is 5.74. The molecule has 0 radical (unpaired) electrons. The van der Waals surface area contributed by atoms with Gasteiger partial charge in [-0.1, -0.05) is 66.7 Å². The lowest BCUT2D eigenvalue weighted by molar-refractivity contribution is -0.123. The maximum Gasteiger partial charge on any atom is 0.240 e. The van der Waals surface area contributed by atoms with E-state index in [0.717, 1.165) is 44.9 Å². The van der Waals surface area contributed by atoms with Gasteiger partial charge < -0.3 is 10.1 Å². The standard InChI is InChI=1S/C34H31N5O3S/c1-23-10-6-8-14-27(23)39-34-31(32(37-39)25-11-4-3-5-12-25)33(26-13-7-9-15-28(26)42-2)43-22-30(41)38(34)21-29(40)36-20-24-16-18-35-19-17-24/h3-19,33H,20-22H2,1-2H3,(H,36,40). The normalized spacial score (nSPS) is 14.6. The molecule has 3 aromatic carbocycles. The lowest BCUT2D eigenvalue weighted by Gasteiger charge is -2.24. The number of nitrogens with zero attached hydrogens (tertiary/aromatic N) is 4. The van der Waals surface area contributed by atoms with E-state index in [9.17, 15) is 9.59 Å². The molecule has 5 aromatic rings. The molecule has 6 rings (SSSR count). The van der Waals surface area contributed by atoms with Crippen molar-refractivity contribution in [2.24, 2.45) is 0 Å². The van der Waals surface area contributed by atoms with Crippen LogP contribution in [0.4, 0.5) is 5.82 Å². The molecule has 0 spiro atoms. The van der Waals surface area contributed by atoms with Crippen LogP contribution in [0.25, 0.3) is 16.9 Å². The molecule has 3 heterocycles. The van der Waals surface area contributed by atoms with Crippen molar-refractivity contribution in [3.05, 3.63) is 126 Å². The monoisotopic (exact) mass is 589 g/mol. The average molecular weight is 590 g/mol. The maximum absolute atomic E-state index is 14.0. The number of amides is 2. The van der Waals surface area contributed by atoms with E-state index in [2.05, 4.69) is 10.3 Å². The minimum absolute atomic E-state index is 0.151. The largest absolute Gasteiger partial charge is 0.496 e. The van der Waals surface area contributed by atoms with Crippen LogP contribution in [-0.2, 0) is 16.1 Å². The van der Waals surface area contributed by atoms with Gasteiger partial charge in [-0.3, -0.25) is 19.5 Å². The molecule has 2 aromatic heterocycles. The van der Waals surface area contributed by atoms with Gasteiger partial charge in [-0.05, 0) is 42.3 Å². The maximum atomic E-state index is 14.0. The Morgan fingerprint density at radius 1 is 0.977 bits per heavy atom. The number of fused-ring (bicyclic) bond motifs is 1. The highest BCUT2D eigenvalue weighted by Crippen LogP contribution is 2.50. The van der Waals surface area contributed by atoms with Crippen LogP contribution in [0.1, 0.15) is 27.5 Å². The zero-order valence-electron chi connectivity index (χ0n) is 23.9. The van der Waals surface area contributed by atoms with Gasteiger partial charge in [0.2, 0.25) is 11.8 Å². The molecular weight excluding hydrogens is 558 g/mol. The number of benzene rings is 3. The Balaban J connectivity index is 1.55. The smallest absolute Gasteiger partial charge is 0.240 e. The van der Waals surface area contributed by atoms with Crippen molar-refractivity contribution >= 4 is 29.4 Å². The van der Waals surface area contributed by atoms with Gasteiger partial charge in [0.15, 0.2) is 0 Å². The number of anilines is 1. The summed E-state index contributed by atoms with van der Waals surface area (Å²) in [6, 6.07) is 29.5. The molecule has 0 bridgehead atoms. The molecule has 216 valence electrons. The number of thioether (sulfide) groups is 1. The van der Waals surface area contributed by atoms with E-state index < -0.39 is 0 Å². The summed E-state index contributed by atoms with van der Waals surface area (Å²) in [5.74, 6) is 1.05. The Morgan fingerprint density at radius 3 is 2.47 bits per heavy atom. The molecular formula is C34H31N5O3S. The van der Waals surface area contributed by atoms with Crippen LogP contribution in [0, 0.1) is 6.92 Å². The number of carbonyl (C=O) groups is 2. The van der Waals surface area contributed by atoms with Gasteiger partial charge >= 0.3 is 0 Å². The summed E-state index contributed by atoms with van der Waals surface area (Å²) >= 11 is 1.52. The Bertz CT molecular complexity index is 1760. The van der Waals surface area contributed by atoms with Crippen molar-refractivity contribution in [3.8, 4) is 22.7 Å². The minimum atomic E-state index is -0.284. The molecule has 1 atom stereocenters. The fraction of sp³-hybridized carbons (Fsp3) is 0.176. The van der Waals surface area contributed by atoms with Gasteiger partial charge in [0, 0.05) is 35.6 Å². The quantitative estimate of drug-likeness (QED) is 0.249. The molecule has 8 nitrogen and oxygen atoms in total. The zero-order valence-corrected chi connectivity index (χ0v) is 24.8. The molecule has 0 saturated carbocycles. The van der Waals surface area contributed by atoms with Crippen molar-refractivity contribution < 1.29 is 14.3 Å². The first-order chi connectivity index (χ1) is 21.0. The molecule has 2 amide bonds. The van der Waals surface area contributed by atoms with Crippen LogP contribution < -0.4 is 15.0 Å². The Hall–Kier alpha value is -4.89. The van der Waals surface area contributed by atoms with Crippen LogP contribution in [0.5, 0.6) is 5.75 Å². The van der Waals surface area contributed by atoms with E-state index in [1.54, 1.807) is 24.4 Å². The van der Waals surface area contributed by atoms with Crippen LogP contribution >= 0.6 is 11.8 Å². The molecule has 0 saturated heterocycles. The number of pyridine rings is 1. The second kappa shape index (κ2) is 12.5. The molecule has 0 aliphatic carbocycles. The number of aromatic nitrogens is 3. The average Bonchev–Trinajstić information content (AvgIpc) is 3.37. The zero-order chi connectivity index (χ0) is 29.8. The number of hydrogen-bond donors (Lipinski definition) is 1. The van der Waals surface area contributed by atoms with Crippen molar-refractivity contribution in [1.82, 2.24) is 20.1 Å². The minimum Gasteiger partial charge on any atom is -0.496 e. The third-order valence-electron chi connectivity index (χ3n) is 7.44. The van der Waals surface area contributed by atoms with Crippen molar-refractivity contribution in [2.45, 2.75) is 18.7 Å². The number of aryl methyl sites for hydroxylation is 1. The topological polar surface area (TPSA) is 89.3 Å². The van der Waals surface area contributed by atoms with Gasteiger partial charge in [-0.2, -0.15) is 5.10 Å². The highest BCUT2D eigenvalue weighted by Gasteiger charge is 2.38. The van der Waals surface area contributed by atoms with Crippen LogP contribution in [0.2, 0.25) is 0 Å². The van der Waals surface area contributed by atoms with Crippen molar-refractivity contribution in [1.29, 1.82) is 0 Å². The first kappa shape index (κ1) is 28.2. The van der Waals surface area contributed by atoms with Crippen molar-refractivity contribution in [3.63, 3.8) is 0 Å². The highest BCUT2D eigenvalue weighted by molar-refractivity contribution is 8.00. The summed E-state index contributed by atoms with van der Waals surface area (Å²) in [6.45, 7) is 2.20. The van der Waals surface area contributed by atoms with Gasteiger partial charge in [0.25, 0.3) is 0 Å². The van der Waals surface area contributed by atoms with E-state index in [4.69, 9.17) is 9.84 Å². The Kier molecular flexibility index (Phi) is 8.24. The number of rotatable bonds is 8. The van der Waals surface area contributed by atoms with Crippen LogP contribution in [0.3, 0.4) is 0 Å². The Morgan fingerprint density at radius 2 is 1.70 bits per heavy atom. The van der Waals surface area contributed by atoms with E-state index in [1.165, 1.54) is 11.8 Å². The summed E-state index contributed by atoms with van der Waals surface area (Å²) < 4.78 is 7.62. The van der Waals surface area contributed by atoms with E-state index in [0.29, 0.717) is 12.4 Å². The molecule has 0 fully saturated rings. The summed E-state index contributed by atoms with van der Waals surface area (Å²) in [7, 11) is 1.65. The number of carbonyl (C=O) groups excluding carboxylic acids is 2. The van der Waals surface area contributed by atoms with Crippen LogP contribution in [-0.4, -0.2) is 46.0 Å². The molecule has 1 aliphatic heterocycles. The van der Waals surface area contributed by atoms with Gasteiger partial charge in [0.05, 0.1) is 29.5 Å². The number of hydrogen-bond acceptors (Lipinski definition) is 6. The fourth-order valence-electron chi connectivity index (χ4n) is 5.33. The first-order valence-corrected chi connectivity index (χ1v) is 15.0. The number of para-hydroxylation sites is 2. The summed E-state index contributed by atoms with van der Waals surface area (Å²) in [4.78, 5) is 33.0. The summed E-state index contributed by atoms with van der Waals surface area (Å²) in [5, 5.41) is 7.87. The second-order valence-corrected chi connectivity index (χ2v) is 11.3. The molecule has 1 aliphatic rings. The number of methoxy groups -OCH3 is 1. The molecule has 1 unspecified atom stereocenters. The van der Waals surface area contributed by atoms with Gasteiger partial charge in [-0.15, -0.1) is 11.8 Å². The second-order valence-electron chi connectivity index (χ2n) is 10.2. The number of ether oxygens (including phenoxy) is 1. The first-order valence-electron chi connectivity index (χ1n) is 14.0. The predicted molar refractivity (Wildman–Crippen MR) is 169 cm³/mol.